The van der Waals surface area contributed by atoms with Gasteiger partial charge in [-0.15, -0.1) is 0 Å². The first-order valence-electron chi connectivity index (χ1n) is 17.1. The van der Waals surface area contributed by atoms with Crippen LogP contribution in [-0.2, 0) is 0 Å². The molecule has 0 bridgehead atoms. The van der Waals surface area contributed by atoms with Gasteiger partial charge >= 0.3 is 0 Å². The standard InChI is InChI=1S/C48H28O2/c1-2-10-29(11-3-1)30-18-20-31(21-19-30)44-35-13-4-6-15-37(35)45(38-16-7-5-14-36(38)44)33-24-27-43-41(28-33)40-26-23-32-22-25-39-34-12-8-9-17-42(34)49-47(39)46(32)48(40)50-43/h1-28H. The van der Waals surface area contributed by atoms with Gasteiger partial charge in [0.05, 0.1) is 5.39 Å². The molecule has 0 N–H and O–H groups in total. The van der Waals surface area contributed by atoms with E-state index < -0.39 is 0 Å². The van der Waals surface area contributed by atoms with Crippen LogP contribution in [0.1, 0.15) is 0 Å². The largest absolute Gasteiger partial charge is 0.455 e. The lowest BCUT2D eigenvalue weighted by Crippen LogP contribution is -1.91. The Bertz CT molecular complexity index is 3070. The van der Waals surface area contributed by atoms with Gasteiger partial charge in [-0.1, -0.05) is 140 Å². The van der Waals surface area contributed by atoms with Crippen molar-refractivity contribution in [2.45, 2.75) is 0 Å². The van der Waals surface area contributed by atoms with E-state index in [-0.39, 0.29) is 0 Å². The molecule has 50 heavy (non-hydrogen) atoms. The average molecular weight is 637 g/mol. The molecule has 2 heteroatoms. The molecular weight excluding hydrogens is 609 g/mol. The summed E-state index contributed by atoms with van der Waals surface area (Å²) in [6.45, 7) is 0. The van der Waals surface area contributed by atoms with E-state index in [1.165, 1.54) is 54.9 Å². The number of furan rings is 2. The molecule has 0 amide bonds. The zero-order valence-corrected chi connectivity index (χ0v) is 27.0. The Balaban J connectivity index is 1.15. The van der Waals surface area contributed by atoms with Gasteiger partial charge in [0.15, 0.2) is 0 Å². The third kappa shape index (κ3) is 3.90. The summed E-state index contributed by atoms with van der Waals surface area (Å²) in [5.74, 6) is 0. The normalized spacial score (nSPS) is 12.0. The molecule has 11 aromatic rings. The summed E-state index contributed by atoms with van der Waals surface area (Å²) in [5, 5.41) is 11.5. The monoisotopic (exact) mass is 636 g/mol. The van der Waals surface area contributed by atoms with Gasteiger partial charge in [-0.2, -0.15) is 0 Å². The van der Waals surface area contributed by atoms with Crippen LogP contribution in [-0.4, -0.2) is 0 Å². The lowest BCUT2D eigenvalue weighted by atomic mass is 9.85. The number of hydrogen-bond donors (Lipinski definition) is 0. The van der Waals surface area contributed by atoms with Crippen LogP contribution in [0.2, 0.25) is 0 Å². The zero-order chi connectivity index (χ0) is 32.8. The first-order valence-corrected chi connectivity index (χ1v) is 17.1. The van der Waals surface area contributed by atoms with Gasteiger partial charge in [-0.3, -0.25) is 0 Å². The molecule has 0 fully saturated rings. The van der Waals surface area contributed by atoms with Crippen molar-refractivity contribution < 1.29 is 8.83 Å². The molecule has 2 heterocycles. The van der Waals surface area contributed by atoms with Gasteiger partial charge in [0.1, 0.15) is 22.3 Å². The molecule has 0 saturated heterocycles. The Morgan fingerprint density at radius 1 is 0.280 bits per heavy atom. The third-order valence-electron chi connectivity index (χ3n) is 10.5. The number of para-hydroxylation sites is 1. The summed E-state index contributed by atoms with van der Waals surface area (Å²) in [5.41, 5.74) is 10.8. The maximum absolute atomic E-state index is 6.69. The first kappa shape index (κ1) is 27.3. The van der Waals surface area contributed by atoms with Crippen LogP contribution in [0.4, 0.5) is 0 Å². The first-order chi connectivity index (χ1) is 24.8. The number of rotatable bonds is 3. The summed E-state index contributed by atoms with van der Waals surface area (Å²) in [7, 11) is 0. The minimum Gasteiger partial charge on any atom is -0.455 e. The van der Waals surface area contributed by atoms with Gasteiger partial charge in [0.25, 0.3) is 0 Å². The predicted octanol–water partition coefficient (Wildman–Crippen LogP) is 13.9. The molecule has 232 valence electrons. The molecule has 0 spiro atoms. The molecule has 2 aromatic heterocycles. The molecule has 0 aliphatic heterocycles. The maximum Gasteiger partial charge on any atom is 0.147 e. The van der Waals surface area contributed by atoms with Crippen molar-refractivity contribution in [1.82, 2.24) is 0 Å². The predicted molar refractivity (Wildman–Crippen MR) is 210 cm³/mol. The molecular formula is C48H28O2. The van der Waals surface area contributed by atoms with E-state index in [9.17, 15) is 0 Å². The highest BCUT2D eigenvalue weighted by atomic mass is 16.3. The van der Waals surface area contributed by atoms with E-state index in [1.54, 1.807) is 0 Å². The van der Waals surface area contributed by atoms with Crippen molar-refractivity contribution in [3.8, 4) is 33.4 Å². The van der Waals surface area contributed by atoms with Crippen molar-refractivity contribution in [3.05, 3.63) is 170 Å². The van der Waals surface area contributed by atoms with E-state index in [2.05, 4.69) is 158 Å². The van der Waals surface area contributed by atoms with Crippen LogP contribution in [0.15, 0.2) is 179 Å². The van der Waals surface area contributed by atoms with Gasteiger partial charge in [-0.25, -0.2) is 0 Å². The van der Waals surface area contributed by atoms with E-state index >= 15 is 0 Å². The van der Waals surface area contributed by atoms with Gasteiger partial charge in [0, 0.05) is 21.5 Å². The van der Waals surface area contributed by atoms with E-state index in [0.29, 0.717) is 0 Å². The second-order valence-corrected chi connectivity index (χ2v) is 13.2. The molecule has 0 unspecified atom stereocenters. The summed E-state index contributed by atoms with van der Waals surface area (Å²) >= 11 is 0. The Kier molecular flexibility index (Phi) is 5.70. The SMILES string of the molecule is c1ccc(-c2ccc(-c3c4ccccc4c(-c4ccc5oc6c(ccc7ccc8c9ccccc9oc8c76)c5c4)c4ccccc34)cc2)cc1. The van der Waals surface area contributed by atoms with Crippen LogP contribution in [0, 0.1) is 0 Å². The quantitative estimate of drug-likeness (QED) is 0.180. The number of benzene rings is 9. The van der Waals surface area contributed by atoms with Crippen LogP contribution in [0.5, 0.6) is 0 Å². The molecule has 11 rings (SSSR count). The molecule has 0 atom stereocenters. The van der Waals surface area contributed by atoms with Crippen molar-refractivity contribution in [1.29, 1.82) is 0 Å². The van der Waals surface area contributed by atoms with Gasteiger partial charge in [0.2, 0.25) is 0 Å². The fourth-order valence-electron chi connectivity index (χ4n) is 8.18. The van der Waals surface area contributed by atoms with Crippen molar-refractivity contribution in [3.63, 3.8) is 0 Å². The van der Waals surface area contributed by atoms with Crippen molar-refractivity contribution >= 4 is 76.2 Å². The molecule has 9 aromatic carbocycles. The fourth-order valence-corrected chi connectivity index (χ4v) is 8.18. The van der Waals surface area contributed by atoms with Gasteiger partial charge < -0.3 is 8.83 Å². The summed E-state index contributed by atoms with van der Waals surface area (Å²) in [4.78, 5) is 0. The summed E-state index contributed by atoms with van der Waals surface area (Å²) in [6, 6.07) is 60.9. The molecule has 2 nitrogen and oxygen atoms in total. The fraction of sp³-hybridized carbons (Fsp3) is 0. The van der Waals surface area contributed by atoms with Gasteiger partial charge in [-0.05, 0) is 90.6 Å². The Morgan fingerprint density at radius 3 is 1.38 bits per heavy atom. The van der Waals surface area contributed by atoms with Crippen LogP contribution in [0.25, 0.3) is 110 Å². The Labute approximate surface area is 287 Å². The smallest absolute Gasteiger partial charge is 0.147 e. The number of fused-ring (bicyclic) bond motifs is 11. The zero-order valence-electron chi connectivity index (χ0n) is 27.0. The Hall–Kier alpha value is -6.64. The maximum atomic E-state index is 6.69. The van der Waals surface area contributed by atoms with E-state index in [0.717, 1.165) is 54.6 Å². The van der Waals surface area contributed by atoms with E-state index in [1.807, 2.05) is 12.1 Å². The molecule has 0 saturated carbocycles. The van der Waals surface area contributed by atoms with Crippen LogP contribution >= 0.6 is 0 Å². The lowest BCUT2D eigenvalue weighted by Gasteiger charge is -2.18. The third-order valence-corrected chi connectivity index (χ3v) is 10.5. The highest BCUT2D eigenvalue weighted by Gasteiger charge is 2.20. The highest BCUT2D eigenvalue weighted by molar-refractivity contribution is 6.26. The van der Waals surface area contributed by atoms with Crippen LogP contribution in [0.3, 0.4) is 0 Å². The van der Waals surface area contributed by atoms with Crippen molar-refractivity contribution in [2.75, 3.05) is 0 Å². The molecule has 0 radical (unpaired) electrons. The lowest BCUT2D eigenvalue weighted by molar-refractivity contribution is 0.663. The van der Waals surface area contributed by atoms with E-state index in [4.69, 9.17) is 8.83 Å². The minimum atomic E-state index is 0.864. The highest BCUT2D eigenvalue weighted by Crippen LogP contribution is 2.46. The van der Waals surface area contributed by atoms with Crippen LogP contribution < -0.4 is 0 Å². The summed E-state index contributed by atoms with van der Waals surface area (Å²) < 4.78 is 13.2. The second kappa shape index (κ2) is 10.4. The molecule has 0 aliphatic rings. The number of hydrogen-bond acceptors (Lipinski definition) is 2. The topological polar surface area (TPSA) is 26.3 Å². The minimum absolute atomic E-state index is 0.864. The average Bonchev–Trinajstić information content (AvgIpc) is 3.75. The molecule has 0 aliphatic carbocycles. The second-order valence-electron chi connectivity index (χ2n) is 13.2. The van der Waals surface area contributed by atoms with Crippen molar-refractivity contribution in [2.24, 2.45) is 0 Å². The summed E-state index contributed by atoms with van der Waals surface area (Å²) in [6.07, 6.45) is 0. The Morgan fingerprint density at radius 2 is 0.740 bits per heavy atom.